The van der Waals surface area contributed by atoms with Gasteiger partial charge in [-0.25, -0.2) is 0 Å². The number of halogens is 1. The summed E-state index contributed by atoms with van der Waals surface area (Å²) in [6.45, 7) is 3.00. The van der Waals surface area contributed by atoms with Crippen molar-refractivity contribution in [2.45, 2.75) is 51.6 Å². The van der Waals surface area contributed by atoms with E-state index in [-0.39, 0.29) is 0 Å². The van der Waals surface area contributed by atoms with Crippen molar-refractivity contribution in [2.75, 3.05) is 0 Å². The van der Waals surface area contributed by atoms with E-state index in [1.54, 1.807) is 0 Å². The van der Waals surface area contributed by atoms with Gasteiger partial charge in [0.25, 0.3) is 0 Å². The molecule has 0 saturated heterocycles. The minimum Gasteiger partial charge on any atom is -0.309 e. The van der Waals surface area contributed by atoms with E-state index in [9.17, 15) is 0 Å². The lowest BCUT2D eigenvalue weighted by molar-refractivity contribution is 0.136. The van der Waals surface area contributed by atoms with Crippen LogP contribution in [0.4, 0.5) is 0 Å². The van der Waals surface area contributed by atoms with Crippen molar-refractivity contribution in [3.05, 3.63) is 16.4 Å². The third-order valence-corrected chi connectivity index (χ3v) is 4.90. The topological polar surface area (TPSA) is 40.7 Å². The summed E-state index contributed by atoms with van der Waals surface area (Å²) in [5.41, 5.74) is 2.33. The van der Waals surface area contributed by atoms with E-state index in [0.29, 0.717) is 5.15 Å². The number of H-pyrrole nitrogens is 1. The van der Waals surface area contributed by atoms with Gasteiger partial charge in [0.2, 0.25) is 0 Å². The molecule has 3 atom stereocenters. The van der Waals surface area contributed by atoms with Gasteiger partial charge in [-0.3, -0.25) is 5.10 Å². The highest BCUT2D eigenvalue weighted by molar-refractivity contribution is 6.30. The molecule has 2 aliphatic rings. The van der Waals surface area contributed by atoms with Gasteiger partial charge in [0.1, 0.15) is 0 Å². The van der Waals surface area contributed by atoms with Gasteiger partial charge < -0.3 is 5.32 Å². The van der Waals surface area contributed by atoms with Crippen LogP contribution in [-0.2, 0) is 13.0 Å². The standard InChI is InChI=1S/C13H20ClN3/c1-2-11-10(13(14)17-16-11)7-15-12-6-8-4-3-5-9(8)12/h8-9,12,15H,2-7H2,1H3,(H,16,17). The van der Waals surface area contributed by atoms with Crippen molar-refractivity contribution in [1.82, 2.24) is 15.5 Å². The largest absolute Gasteiger partial charge is 0.309 e. The molecule has 2 fully saturated rings. The normalized spacial score (nSPS) is 31.3. The Bertz CT molecular complexity index is 401. The molecule has 1 aromatic rings. The van der Waals surface area contributed by atoms with Crippen LogP contribution in [0.15, 0.2) is 0 Å². The number of rotatable bonds is 4. The highest BCUT2D eigenvalue weighted by atomic mass is 35.5. The lowest BCUT2D eigenvalue weighted by Crippen LogP contribution is -2.47. The third-order valence-electron chi connectivity index (χ3n) is 4.59. The van der Waals surface area contributed by atoms with Gasteiger partial charge in [0.15, 0.2) is 5.15 Å². The lowest BCUT2D eigenvalue weighted by Gasteiger charge is -2.41. The van der Waals surface area contributed by atoms with Crippen LogP contribution >= 0.6 is 11.6 Å². The molecule has 0 spiro atoms. The molecule has 0 amide bonds. The first kappa shape index (κ1) is 11.5. The average molecular weight is 254 g/mol. The first-order valence-electron chi connectivity index (χ1n) is 6.74. The molecule has 0 aliphatic heterocycles. The average Bonchev–Trinajstić information content (AvgIpc) is 2.84. The predicted molar refractivity (Wildman–Crippen MR) is 69.1 cm³/mol. The number of aromatic nitrogens is 2. The summed E-state index contributed by atoms with van der Waals surface area (Å²) in [7, 11) is 0. The SMILES string of the molecule is CCc1[nH]nc(Cl)c1CNC1CC2CCCC21. The Hall–Kier alpha value is -0.540. The van der Waals surface area contributed by atoms with Crippen molar-refractivity contribution in [2.24, 2.45) is 11.8 Å². The van der Waals surface area contributed by atoms with Crippen LogP contribution in [0, 0.1) is 11.8 Å². The van der Waals surface area contributed by atoms with Crippen molar-refractivity contribution in [3.63, 3.8) is 0 Å². The van der Waals surface area contributed by atoms with Crippen molar-refractivity contribution in [3.8, 4) is 0 Å². The zero-order valence-corrected chi connectivity index (χ0v) is 11.1. The Morgan fingerprint density at radius 3 is 3.12 bits per heavy atom. The maximum atomic E-state index is 6.10. The zero-order valence-electron chi connectivity index (χ0n) is 10.3. The van der Waals surface area contributed by atoms with Crippen LogP contribution < -0.4 is 5.32 Å². The fourth-order valence-electron chi connectivity index (χ4n) is 3.51. The second-order valence-electron chi connectivity index (χ2n) is 5.40. The first-order valence-corrected chi connectivity index (χ1v) is 7.12. The summed E-state index contributed by atoms with van der Waals surface area (Å²) in [5.74, 6) is 1.95. The smallest absolute Gasteiger partial charge is 0.155 e. The van der Waals surface area contributed by atoms with Gasteiger partial charge >= 0.3 is 0 Å². The maximum Gasteiger partial charge on any atom is 0.155 e. The Morgan fingerprint density at radius 2 is 2.35 bits per heavy atom. The van der Waals surface area contributed by atoms with Crippen LogP contribution in [0.25, 0.3) is 0 Å². The molecule has 4 heteroatoms. The minimum absolute atomic E-state index is 0.636. The van der Waals surface area contributed by atoms with E-state index in [0.717, 1.165) is 36.4 Å². The summed E-state index contributed by atoms with van der Waals surface area (Å²) in [5, 5.41) is 11.4. The number of aryl methyl sites for hydroxylation is 1. The molecular weight excluding hydrogens is 234 g/mol. The molecule has 3 unspecified atom stereocenters. The molecular formula is C13H20ClN3. The van der Waals surface area contributed by atoms with E-state index in [2.05, 4.69) is 22.4 Å². The summed E-state index contributed by atoms with van der Waals surface area (Å²) in [6, 6.07) is 0.721. The van der Waals surface area contributed by atoms with Crippen LogP contribution in [0.3, 0.4) is 0 Å². The highest BCUT2D eigenvalue weighted by Crippen LogP contribution is 2.46. The molecule has 2 N–H and O–H groups in total. The van der Waals surface area contributed by atoms with Gasteiger partial charge in [0, 0.05) is 23.8 Å². The molecule has 3 rings (SSSR count). The van der Waals surface area contributed by atoms with Gasteiger partial charge in [-0.15, -0.1) is 0 Å². The van der Waals surface area contributed by atoms with E-state index < -0.39 is 0 Å². The van der Waals surface area contributed by atoms with Crippen LogP contribution in [-0.4, -0.2) is 16.2 Å². The van der Waals surface area contributed by atoms with Crippen molar-refractivity contribution >= 4 is 11.6 Å². The molecule has 17 heavy (non-hydrogen) atoms. The maximum absolute atomic E-state index is 6.10. The first-order chi connectivity index (χ1) is 8.29. The third kappa shape index (κ3) is 2.00. The summed E-state index contributed by atoms with van der Waals surface area (Å²) < 4.78 is 0. The number of nitrogens with one attached hydrogen (secondary N) is 2. The zero-order chi connectivity index (χ0) is 11.8. The van der Waals surface area contributed by atoms with Crippen LogP contribution in [0.2, 0.25) is 5.15 Å². The molecule has 2 aliphatic carbocycles. The number of aromatic amines is 1. The second kappa shape index (κ2) is 4.62. The molecule has 0 bridgehead atoms. The molecule has 1 aromatic heterocycles. The van der Waals surface area contributed by atoms with E-state index >= 15 is 0 Å². The molecule has 0 aromatic carbocycles. The number of hydrogen-bond donors (Lipinski definition) is 2. The van der Waals surface area contributed by atoms with Gasteiger partial charge in [-0.1, -0.05) is 31.4 Å². The van der Waals surface area contributed by atoms with Gasteiger partial charge in [0.05, 0.1) is 0 Å². The van der Waals surface area contributed by atoms with Crippen LogP contribution in [0.5, 0.6) is 0 Å². The van der Waals surface area contributed by atoms with E-state index in [4.69, 9.17) is 11.6 Å². The summed E-state index contributed by atoms with van der Waals surface area (Å²) in [6.07, 6.45) is 6.63. The van der Waals surface area contributed by atoms with E-state index in [1.807, 2.05) is 0 Å². The summed E-state index contributed by atoms with van der Waals surface area (Å²) >= 11 is 6.10. The lowest BCUT2D eigenvalue weighted by atomic mass is 9.71. The fourth-order valence-corrected chi connectivity index (χ4v) is 3.73. The molecule has 94 valence electrons. The second-order valence-corrected chi connectivity index (χ2v) is 5.76. The molecule has 0 radical (unpaired) electrons. The fraction of sp³-hybridized carbons (Fsp3) is 0.769. The Labute approximate surface area is 107 Å². The Kier molecular flexibility index (Phi) is 3.14. The number of nitrogens with zero attached hydrogens (tertiary/aromatic N) is 1. The highest BCUT2D eigenvalue weighted by Gasteiger charge is 2.43. The molecule has 2 saturated carbocycles. The molecule has 3 nitrogen and oxygen atoms in total. The van der Waals surface area contributed by atoms with Crippen molar-refractivity contribution < 1.29 is 0 Å². The number of hydrogen-bond acceptors (Lipinski definition) is 2. The Morgan fingerprint density at radius 1 is 1.47 bits per heavy atom. The van der Waals surface area contributed by atoms with Crippen LogP contribution in [0.1, 0.15) is 43.9 Å². The van der Waals surface area contributed by atoms with Gasteiger partial charge in [-0.05, 0) is 31.1 Å². The number of fused-ring (bicyclic) bond motifs is 1. The Balaban J connectivity index is 1.59. The molecule has 1 heterocycles. The summed E-state index contributed by atoms with van der Waals surface area (Å²) in [4.78, 5) is 0. The van der Waals surface area contributed by atoms with Gasteiger partial charge in [-0.2, -0.15) is 5.10 Å². The monoisotopic (exact) mass is 253 g/mol. The predicted octanol–water partition coefficient (Wildman–Crippen LogP) is 2.90. The minimum atomic E-state index is 0.636. The quantitative estimate of drug-likeness (QED) is 0.866. The van der Waals surface area contributed by atoms with E-state index in [1.165, 1.54) is 31.4 Å². The van der Waals surface area contributed by atoms with Crippen molar-refractivity contribution in [1.29, 1.82) is 0 Å².